The molecule has 0 amide bonds. The summed E-state index contributed by atoms with van der Waals surface area (Å²) in [6.07, 6.45) is 4.37. The standard InChI is InChI=1S/C14H16N4OS/c1-2-19-8-4-7-15-13-12-11(17-9-18-13)10-5-3-6-16-14(10)20-12/h3,5-6,9H,2,4,7-8H2,1H3,(H,15,17,18). The van der Waals surface area contributed by atoms with Crippen LogP contribution in [-0.4, -0.2) is 34.7 Å². The van der Waals surface area contributed by atoms with Crippen LogP contribution in [0.3, 0.4) is 0 Å². The van der Waals surface area contributed by atoms with E-state index in [4.69, 9.17) is 4.74 Å². The van der Waals surface area contributed by atoms with Gasteiger partial charge in [0.15, 0.2) is 0 Å². The molecule has 0 aliphatic carbocycles. The van der Waals surface area contributed by atoms with Crippen LogP contribution < -0.4 is 5.32 Å². The molecule has 6 heteroatoms. The first-order valence-electron chi connectivity index (χ1n) is 6.70. The summed E-state index contributed by atoms with van der Waals surface area (Å²) in [5.41, 5.74) is 0.973. The van der Waals surface area contributed by atoms with Crippen molar-refractivity contribution in [2.45, 2.75) is 13.3 Å². The second-order valence-electron chi connectivity index (χ2n) is 4.34. The highest BCUT2D eigenvalue weighted by Crippen LogP contribution is 2.34. The molecule has 1 N–H and O–H groups in total. The van der Waals surface area contributed by atoms with Gasteiger partial charge in [0.25, 0.3) is 0 Å². The minimum Gasteiger partial charge on any atom is -0.382 e. The average molecular weight is 288 g/mol. The van der Waals surface area contributed by atoms with Crippen molar-refractivity contribution < 1.29 is 4.74 Å². The van der Waals surface area contributed by atoms with Crippen molar-refractivity contribution in [3.63, 3.8) is 0 Å². The molecule has 0 aliphatic rings. The van der Waals surface area contributed by atoms with Gasteiger partial charge in [-0.15, -0.1) is 11.3 Å². The first kappa shape index (κ1) is 13.2. The van der Waals surface area contributed by atoms with Gasteiger partial charge in [-0.05, 0) is 25.5 Å². The zero-order valence-electron chi connectivity index (χ0n) is 11.3. The maximum Gasteiger partial charge on any atom is 0.147 e. The van der Waals surface area contributed by atoms with E-state index in [0.717, 1.165) is 52.4 Å². The summed E-state index contributed by atoms with van der Waals surface area (Å²) >= 11 is 1.63. The minimum atomic E-state index is 0.764. The zero-order chi connectivity index (χ0) is 13.8. The molecule has 3 heterocycles. The molecule has 0 fully saturated rings. The van der Waals surface area contributed by atoms with Crippen molar-refractivity contribution in [3.8, 4) is 0 Å². The number of aromatic nitrogens is 3. The summed E-state index contributed by atoms with van der Waals surface area (Å²) in [4.78, 5) is 14.1. The maximum atomic E-state index is 5.33. The van der Waals surface area contributed by atoms with E-state index in [2.05, 4.69) is 20.3 Å². The Kier molecular flexibility index (Phi) is 4.03. The molecule has 5 nitrogen and oxygen atoms in total. The van der Waals surface area contributed by atoms with Crippen molar-refractivity contribution in [1.82, 2.24) is 15.0 Å². The second-order valence-corrected chi connectivity index (χ2v) is 5.33. The van der Waals surface area contributed by atoms with E-state index in [1.165, 1.54) is 0 Å². The van der Waals surface area contributed by atoms with Gasteiger partial charge in [-0.25, -0.2) is 15.0 Å². The predicted octanol–water partition coefficient (Wildman–Crippen LogP) is 3.08. The number of ether oxygens (including phenoxy) is 1. The Morgan fingerprint density at radius 3 is 3.15 bits per heavy atom. The lowest BCUT2D eigenvalue weighted by Gasteiger charge is -2.05. The zero-order valence-corrected chi connectivity index (χ0v) is 12.1. The highest BCUT2D eigenvalue weighted by molar-refractivity contribution is 7.25. The number of thiophene rings is 1. The van der Waals surface area contributed by atoms with Crippen LogP contribution in [0.2, 0.25) is 0 Å². The maximum absolute atomic E-state index is 5.33. The molecular formula is C14H16N4OS. The number of rotatable bonds is 6. The van der Waals surface area contributed by atoms with Crippen LogP contribution in [0.25, 0.3) is 20.4 Å². The van der Waals surface area contributed by atoms with Gasteiger partial charge in [-0.3, -0.25) is 0 Å². The lowest BCUT2D eigenvalue weighted by atomic mass is 10.3. The summed E-state index contributed by atoms with van der Waals surface area (Å²) in [5, 5.41) is 4.45. The SMILES string of the molecule is CCOCCCNc1ncnc2c1sc1ncccc12. The van der Waals surface area contributed by atoms with E-state index in [-0.39, 0.29) is 0 Å². The summed E-state index contributed by atoms with van der Waals surface area (Å²) < 4.78 is 6.39. The van der Waals surface area contributed by atoms with Gasteiger partial charge in [0.2, 0.25) is 0 Å². The number of nitrogens with zero attached hydrogens (tertiary/aromatic N) is 3. The second kappa shape index (κ2) is 6.11. The van der Waals surface area contributed by atoms with Crippen LogP contribution in [0.5, 0.6) is 0 Å². The molecule has 0 spiro atoms. The summed E-state index contributed by atoms with van der Waals surface area (Å²) in [6, 6.07) is 3.98. The van der Waals surface area contributed by atoms with Crippen molar-refractivity contribution in [3.05, 3.63) is 24.7 Å². The lowest BCUT2D eigenvalue weighted by molar-refractivity contribution is 0.147. The summed E-state index contributed by atoms with van der Waals surface area (Å²) in [5.74, 6) is 0.884. The first-order chi connectivity index (χ1) is 9.90. The number of nitrogens with one attached hydrogen (secondary N) is 1. The molecule has 3 aromatic rings. The topological polar surface area (TPSA) is 59.9 Å². The molecule has 0 bridgehead atoms. The van der Waals surface area contributed by atoms with E-state index >= 15 is 0 Å². The fourth-order valence-corrected chi connectivity index (χ4v) is 3.13. The van der Waals surface area contributed by atoms with Crippen LogP contribution in [0.1, 0.15) is 13.3 Å². The van der Waals surface area contributed by atoms with Crippen molar-refractivity contribution in [2.75, 3.05) is 25.1 Å². The summed E-state index contributed by atoms with van der Waals surface area (Å²) in [6.45, 7) is 4.38. The van der Waals surface area contributed by atoms with Gasteiger partial charge in [0, 0.05) is 31.3 Å². The molecule has 0 atom stereocenters. The van der Waals surface area contributed by atoms with Crippen LogP contribution in [0.15, 0.2) is 24.7 Å². The Morgan fingerprint density at radius 2 is 2.25 bits per heavy atom. The highest BCUT2D eigenvalue weighted by atomic mass is 32.1. The third kappa shape index (κ3) is 2.57. The van der Waals surface area contributed by atoms with Crippen LogP contribution in [0, 0.1) is 0 Å². The van der Waals surface area contributed by atoms with E-state index in [1.807, 2.05) is 19.1 Å². The van der Waals surface area contributed by atoms with Crippen LogP contribution >= 0.6 is 11.3 Å². The van der Waals surface area contributed by atoms with Crippen LogP contribution in [0.4, 0.5) is 5.82 Å². The number of fused-ring (bicyclic) bond motifs is 3. The van der Waals surface area contributed by atoms with E-state index in [9.17, 15) is 0 Å². The number of hydrogen-bond donors (Lipinski definition) is 1. The molecule has 3 rings (SSSR count). The van der Waals surface area contributed by atoms with Gasteiger partial charge in [-0.1, -0.05) is 0 Å². The third-order valence-corrected chi connectivity index (χ3v) is 4.10. The van der Waals surface area contributed by atoms with Crippen molar-refractivity contribution in [2.24, 2.45) is 0 Å². The normalized spacial score (nSPS) is 11.2. The van der Waals surface area contributed by atoms with E-state index in [0.29, 0.717) is 0 Å². The van der Waals surface area contributed by atoms with Crippen LogP contribution in [-0.2, 0) is 4.74 Å². The van der Waals surface area contributed by atoms with Gasteiger partial charge < -0.3 is 10.1 Å². The fraction of sp³-hybridized carbons (Fsp3) is 0.357. The van der Waals surface area contributed by atoms with Gasteiger partial charge in [0.1, 0.15) is 17.0 Å². The largest absolute Gasteiger partial charge is 0.382 e. The molecular weight excluding hydrogens is 272 g/mol. The molecule has 104 valence electrons. The molecule has 0 aromatic carbocycles. The van der Waals surface area contributed by atoms with Gasteiger partial charge in [0.05, 0.1) is 10.2 Å². The molecule has 0 radical (unpaired) electrons. The summed E-state index contributed by atoms with van der Waals surface area (Å²) in [7, 11) is 0. The minimum absolute atomic E-state index is 0.764. The predicted molar refractivity (Wildman–Crippen MR) is 82.3 cm³/mol. The number of anilines is 1. The molecule has 0 saturated heterocycles. The van der Waals surface area contributed by atoms with Crippen molar-refractivity contribution >= 4 is 37.6 Å². The Morgan fingerprint density at radius 1 is 1.30 bits per heavy atom. The fourth-order valence-electron chi connectivity index (χ4n) is 2.06. The number of pyridine rings is 1. The van der Waals surface area contributed by atoms with Gasteiger partial charge in [-0.2, -0.15) is 0 Å². The molecule has 3 aromatic heterocycles. The third-order valence-electron chi connectivity index (χ3n) is 2.99. The molecule has 20 heavy (non-hydrogen) atoms. The Labute approximate surface area is 121 Å². The Bertz CT molecular complexity index is 713. The average Bonchev–Trinajstić information content (AvgIpc) is 2.87. The Balaban J connectivity index is 1.84. The Hall–Kier alpha value is -1.79. The number of hydrogen-bond acceptors (Lipinski definition) is 6. The van der Waals surface area contributed by atoms with Crippen molar-refractivity contribution in [1.29, 1.82) is 0 Å². The molecule has 0 saturated carbocycles. The first-order valence-corrected chi connectivity index (χ1v) is 7.51. The lowest BCUT2D eigenvalue weighted by Crippen LogP contribution is -2.07. The quantitative estimate of drug-likeness (QED) is 0.706. The van der Waals surface area contributed by atoms with E-state index < -0.39 is 0 Å². The highest BCUT2D eigenvalue weighted by Gasteiger charge is 2.11. The monoisotopic (exact) mass is 288 g/mol. The molecule has 0 aliphatic heterocycles. The smallest absolute Gasteiger partial charge is 0.147 e. The van der Waals surface area contributed by atoms with Gasteiger partial charge >= 0.3 is 0 Å². The molecule has 0 unspecified atom stereocenters. The van der Waals surface area contributed by atoms with E-state index in [1.54, 1.807) is 23.9 Å².